The summed E-state index contributed by atoms with van der Waals surface area (Å²) in [5.74, 6) is 0.800. The van der Waals surface area contributed by atoms with Gasteiger partial charge in [0.15, 0.2) is 0 Å². The van der Waals surface area contributed by atoms with Gasteiger partial charge in [0.25, 0.3) is 5.91 Å². The van der Waals surface area contributed by atoms with Gasteiger partial charge >= 0.3 is 0 Å². The zero-order chi connectivity index (χ0) is 19.2. The Kier molecular flexibility index (Phi) is 5.91. The van der Waals surface area contributed by atoms with E-state index in [0.29, 0.717) is 5.56 Å². The van der Waals surface area contributed by atoms with Crippen LogP contribution in [-0.4, -0.2) is 28.8 Å². The third-order valence-corrected chi connectivity index (χ3v) is 4.51. The second kappa shape index (κ2) is 8.54. The molecule has 3 rings (SSSR count). The first-order chi connectivity index (χ1) is 13.0. The van der Waals surface area contributed by atoms with Crippen LogP contribution in [0.4, 0.5) is 0 Å². The van der Waals surface area contributed by atoms with Crippen molar-refractivity contribution in [2.24, 2.45) is 0 Å². The third-order valence-electron chi connectivity index (χ3n) is 4.51. The summed E-state index contributed by atoms with van der Waals surface area (Å²) in [5, 5.41) is 7.35. The van der Waals surface area contributed by atoms with Crippen LogP contribution >= 0.6 is 0 Å². The Hall–Kier alpha value is -3.08. The van der Waals surface area contributed by atoms with Crippen molar-refractivity contribution in [1.82, 2.24) is 15.1 Å². The Balaban J connectivity index is 1.52. The van der Waals surface area contributed by atoms with Crippen LogP contribution in [-0.2, 0) is 6.42 Å². The molecule has 2 aromatic carbocycles. The fraction of sp³-hybridized carbons (Fsp3) is 0.273. The fourth-order valence-electron chi connectivity index (χ4n) is 2.87. The van der Waals surface area contributed by atoms with Crippen LogP contribution < -0.4 is 10.1 Å². The van der Waals surface area contributed by atoms with Crippen molar-refractivity contribution in [3.05, 3.63) is 77.6 Å². The molecule has 0 radical (unpaired) electrons. The van der Waals surface area contributed by atoms with Crippen LogP contribution in [0.5, 0.6) is 5.75 Å². The van der Waals surface area contributed by atoms with Crippen molar-refractivity contribution in [2.45, 2.75) is 32.7 Å². The van der Waals surface area contributed by atoms with E-state index in [2.05, 4.69) is 22.5 Å². The Morgan fingerprint density at radius 1 is 1.15 bits per heavy atom. The van der Waals surface area contributed by atoms with Gasteiger partial charge in [-0.3, -0.25) is 4.79 Å². The van der Waals surface area contributed by atoms with Gasteiger partial charge in [0.2, 0.25) is 0 Å². The zero-order valence-corrected chi connectivity index (χ0v) is 16.0. The molecule has 0 saturated heterocycles. The summed E-state index contributed by atoms with van der Waals surface area (Å²) in [6.45, 7) is 4.03. The quantitative estimate of drug-likeness (QED) is 0.692. The van der Waals surface area contributed by atoms with Gasteiger partial charge in [-0.15, -0.1) is 0 Å². The highest BCUT2D eigenvalue weighted by Crippen LogP contribution is 2.14. The third kappa shape index (κ3) is 4.97. The monoisotopic (exact) mass is 363 g/mol. The van der Waals surface area contributed by atoms with Crippen molar-refractivity contribution < 1.29 is 9.53 Å². The topological polar surface area (TPSA) is 56.1 Å². The van der Waals surface area contributed by atoms with E-state index in [9.17, 15) is 4.79 Å². The molecule has 5 heteroatoms. The number of ether oxygens (including phenoxy) is 1. The number of benzene rings is 2. The van der Waals surface area contributed by atoms with Gasteiger partial charge in [-0.1, -0.05) is 12.1 Å². The normalized spacial score (nSPS) is 11.8. The Labute approximate surface area is 160 Å². The average Bonchev–Trinajstić information content (AvgIpc) is 3.13. The molecule has 27 heavy (non-hydrogen) atoms. The molecule has 5 nitrogen and oxygen atoms in total. The van der Waals surface area contributed by atoms with Gasteiger partial charge in [-0.25, -0.2) is 4.68 Å². The number of carbonyl (C=O) groups excluding carboxylic acids is 1. The molecule has 1 aromatic heterocycles. The fourth-order valence-corrected chi connectivity index (χ4v) is 2.87. The molecule has 0 saturated carbocycles. The lowest BCUT2D eigenvalue weighted by molar-refractivity contribution is 0.0938. The maximum absolute atomic E-state index is 12.5. The van der Waals surface area contributed by atoms with Gasteiger partial charge in [0, 0.05) is 17.8 Å². The Bertz CT molecular complexity index is 883. The van der Waals surface area contributed by atoms with Gasteiger partial charge in [-0.2, -0.15) is 5.10 Å². The van der Waals surface area contributed by atoms with Gasteiger partial charge in [0.1, 0.15) is 5.75 Å². The van der Waals surface area contributed by atoms with Crippen LogP contribution in [0.25, 0.3) is 5.69 Å². The molecule has 0 aliphatic heterocycles. The summed E-state index contributed by atoms with van der Waals surface area (Å²) in [5.41, 5.74) is 3.92. The minimum absolute atomic E-state index is 0.0552. The first kappa shape index (κ1) is 18.7. The maximum Gasteiger partial charge on any atom is 0.251 e. The van der Waals surface area contributed by atoms with Crippen molar-refractivity contribution in [3.8, 4) is 11.4 Å². The number of aromatic nitrogens is 2. The van der Waals surface area contributed by atoms with E-state index in [0.717, 1.165) is 29.8 Å². The lowest BCUT2D eigenvalue weighted by Gasteiger charge is -2.14. The molecule has 0 aliphatic carbocycles. The standard InChI is InChI=1S/C22H25N3O2/c1-16-14-23-25(15-16)20-10-8-19(9-11-20)22(26)24-17(2)4-5-18-6-12-21(27-3)13-7-18/h6-15,17H,4-5H2,1-3H3,(H,24,26). The molecule has 1 amide bonds. The smallest absolute Gasteiger partial charge is 0.251 e. The average molecular weight is 363 g/mol. The number of nitrogens with one attached hydrogen (secondary N) is 1. The number of hydrogen-bond donors (Lipinski definition) is 1. The highest BCUT2D eigenvalue weighted by molar-refractivity contribution is 5.94. The van der Waals surface area contributed by atoms with E-state index in [4.69, 9.17) is 4.74 Å². The summed E-state index contributed by atoms with van der Waals surface area (Å²) >= 11 is 0. The lowest BCUT2D eigenvalue weighted by atomic mass is 10.1. The lowest BCUT2D eigenvalue weighted by Crippen LogP contribution is -2.32. The molecule has 1 atom stereocenters. The van der Waals surface area contributed by atoms with Crippen molar-refractivity contribution in [1.29, 1.82) is 0 Å². The zero-order valence-electron chi connectivity index (χ0n) is 16.0. The predicted octanol–water partition coefficient (Wildman–Crippen LogP) is 3.94. The second-order valence-electron chi connectivity index (χ2n) is 6.77. The molecule has 0 aliphatic rings. The molecule has 1 heterocycles. The molecule has 0 fully saturated rings. The number of aryl methyl sites for hydroxylation is 2. The van der Waals surface area contributed by atoms with Crippen molar-refractivity contribution in [3.63, 3.8) is 0 Å². The minimum atomic E-state index is -0.0552. The highest BCUT2D eigenvalue weighted by atomic mass is 16.5. The molecule has 0 bridgehead atoms. The molecule has 140 valence electrons. The Morgan fingerprint density at radius 2 is 1.85 bits per heavy atom. The number of rotatable bonds is 7. The summed E-state index contributed by atoms with van der Waals surface area (Å²) in [6, 6.07) is 15.6. The first-order valence-electron chi connectivity index (χ1n) is 9.10. The molecule has 1 N–H and O–H groups in total. The highest BCUT2D eigenvalue weighted by Gasteiger charge is 2.10. The summed E-state index contributed by atoms with van der Waals surface area (Å²) in [6.07, 6.45) is 5.55. The number of nitrogens with zero attached hydrogens (tertiary/aromatic N) is 2. The molecular weight excluding hydrogens is 338 g/mol. The second-order valence-corrected chi connectivity index (χ2v) is 6.77. The molecule has 0 spiro atoms. The summed E-state index contributed by atoms with van der Waals surface area (Å²) in [7, 11) is 1.66. The Morgan fingerprint density at radius 3 is 2.44 bits per heavy atom. The van der Waals surface area contributed by atoms with E-state index in [1.165, 1.54) is 5.56 Å². The van der Waals surface area contributed by atoms with Crippen molar-refractivity contribution in [2.75, 3.05) is 7.11 Å². The SMILES string of the molecule is COc1ccc(CCC(C)NC(=O)c2ccc(-n3cc(C)cn3)cc2)cc1. The van der Waals surface area contributed by atoms with Crippen LogP contribution in [0.2, 0.25) is 0 Å². The minimum Gasteiger partial charge on any atom is -0.497 e. The van der Waals surface area contributed by atoms with E-state index < -0.39 is 0 Å². The van der Waals surface area contributed by atoms with E-state index in [-0.39, 0.29) is 11.9 Å². The van der Waals surface area contributed by atoms with Gasteiger partial charge in [0.05, 0.1) is 19.0 Å². The van der Waals surface area contributed by atoms with E-state index >= 15 is 0 Å². The number of carbonyl (C=O) groups is 1. The van der Waals surface area contributed by atoms with Gasteiger partial charge in [-0.05, 0) is 74.2 Å². The van der Waals surface area contributed by atoms with Crippen LogP contribution in [0.15, 0.2) is 60.9 Å². The summed E-state index contributed by atoms with van der Waals surface area (Å²) < 4.78 is 6.97. The number of hydrogen-bond acceptors (Lipinski definition) is 3. The number of amides is 1. The maximum atomic E-state index is 12.5. The van der Waals surface area contributed by atoms with Crippen LogP contribution in [0, 0.1) is 6.92 Å². The molecular formula is C22H25N3O2. The van der Waals surface area contributed by atoms with Crippen LogP contribution in [0.1, 0.15) is 34.8 Å². The number of methoxy groups -OCH3 is 1. The molecule has 1 unspecified atom stereocenters. The van der Waals surface area contributed by atoms with E-state index in [1.54, 1.807) is 11.8 Å². The van der Waals surface area contributed by atoms with Crippen molar-refractivity contribution >= 4 is 5.91 Å². The predicted molar refractivity (Wildman–Crippen MR) is 107 cm³/mol. The molecule has 3 aromatic rings. The van der Waals surface area contributed by atoms with E-state index in [1.807, 2.05) is 62.6 Å². The summed E-state index contributed by atoms with van der Waals surface area (Å²) in [4.78, 5) is 12.5. The van der Waals surface area contributed by atoms with Gasteiger partial charge < -0.3 is 10.1 Å². The largest absolute Gasteiger partial charge is 0.497 e. The first-order valence-corrected chi connectivity index (χ1v) is 9.10. The van der Waals surface area contributed by atoms with Crippen LogP contribution in [0.3, 0.4) is 0 Å².